The molecule has 8 nitrogen and oxygen atoms in total. The summed E-state index contributed by atoms with van der Waals surface area (Å²) in [5.74, 6) is 0.0644. The molecule has 0 atom stereocenters. The van der Waals surface area contributed by atoms with Crippen molar-refractivity contribution >= 4 is 11.9 Å². The van der Waals surface area contributed by atoms with Gasteiger partial charge < -0.3 is 0 Å². The zero-order valence-electron chi connectivity index (χ0n) is 13.0. The average Bonchev–Trinajstić information content (AvgIpc) is 3.34. The van der Waals surface area contributed by atoms with E-state index in [0.717, 1.165) is 11.4 Å². The second kappa shape index (κ2) is 6.36. The summed E-state index contributed by atoms with van der Waals surface area (Å²) in [6.45, 7) is 0. The van der Waals surface area contributed by atoms with Crippen molar-refractivity contribution < 1.29 is 4.79 Å². The van der Waals surface area contributed by atoms with Gasteiger partial charge in [-0.3, -0.25) is 14.7 Å². The maximum absolute atomic E-state index is 12.6. The van der Waals surface area contributed by atoms with Crippen LogP contribution in [0.25, 0.3) is 11.4 Å². The van der Waals surface area contributed by atoms with Gasteiger partial charge in [0, 0.05) is 5.56 Å². The van der Waals surface area contributed by atoms with E-state index in [1.54, 1.807) is 46.2 Å². The minimum absolute atomic E-state index is 0.285. The van der Waals surface area contributed by atoms with Crippen LogP contribution in [0.4, 0.5) is 5.95 Å². The molecule has 2 aromatic heterocycles. The summed E-state index contributed by atoms with van der Waals surface area (Å²) in [4.78, 5) is 12.6. The highest BCUT2D eigenvalue weighted by Crippen LogP contribution is 2.15. The number of hydrogen-bond acceptors (Lipinski definition) is 5. The fourth-order valence-electron chi connectivity index (χ4n) is 2.41. The molecule has 0 saturated carbocycles. The fraction of sp³-hybridized carbons (Fsp3) is 0. The summed E-state index contributed by atoms with van der Waals surface area (Å²) in [6, 6.07) is 16.6. The van der Waals surface area contributed by atoms with Crippen LogP contribution in [0.2, 0.25) is 0 Å². The highest BCUT2D eigenvalue weighted by Gasteiger charge is 2.12. The Bertz CT molecular complexity index is 993. The van der Waals surface area contributed by atoms with Crippen molar-refractivity contribution in [1.29, 1.82) is 0 Å². The molecular formula is C17H13N7O. The maximum atomic E-state index is 12.6. The highest BCUT2D eigenvalue weighted by molar-refractivity contribution is 6.03. The van der Waals surface area contributed by atoms with Gasteiger partial charge in [0.25, 0.3) is 5.91 Å². The molecule has 0 aliphatic carbocycles. The Kier molecular flexibility index (Phi) is 3.76. The van der Waals surface area contributed by atoms with Gasteiger partial charge in [-0.1, -0.05) is 29.5 Å². The van der Waals surface area contributed by atoms with Gasteiger partial charge in [0.15, 0.2) is 0 Å². The molecule has 4 aromatic rings. The van der Waals surface area contributed by atoms with Gasteiger partial charge in [-0.25, -0.2) is 4.68 Å². The molecule has 122 valence electrons. The standard InChI is InChI=1S/C17H13N7O/c25-16(13-5-4-8-15(11-13)24-10-9-18-22-24)20-17-21-19-12-23(17)14-6-2-1-3-7-14/h1-12H,(H,20,21,25). The maximum Gasteiger partial charge on any atom is 0.258 e. The average molecular weight is 331 g/mol. The van der Waals surface area contributed by atoms with E-state index in [0.29, 0.717) is 11.5 Å². The lowest BCUT2D eigenvalue weighted by molar-refractivity contribution is 0.102. The number of para-hydroxylation sites is 1. The Labute approximate surface area is 142 Å². The van der Waals surface area contributed by atoms with Crippen molar-refractivity contribution in [1.82, 2.24) is 29.8 Å². The van der Waals surface area contributed by atoms with Crippen LogP contribution >= 0.6 is 0 Å². The van der Waals surface area contributed by atoms with E-state index < -0.39 is 0 Å². The van der Waals surface area contributed by atoms with E-state index in [-0.39, 0.29) is 5.91 Å². The first-order chi connectivity index (χ1) is 12.3. The molecule has 0 bridgehead atoms. The van der Waals surface area contributed by atoms with E-state index in [1.807, 2.05) is 36.4 Å². The molecule has 0 unspecified atom stereocenters. The lowest BCUT2D eigenvalue weighted by atomic mass is 10.2. The zero-order chi connectivity index (χ0) is 17.1. The molecule has 25 heavy (non-hydrogen) atoms. The van der Waals surface area contributed by atoms with Crippen molar-refractivity contribution in [2.45, 2.75) is 0 Å². The Hall–Kier alpha value is -3.81. The van der Waals surface area contributed by atoms with Crippen molar-refractivity contribution in [2.24, 2.45) is 0 Å². The Morgan fingerprint density at radius 3 is 2.60 bits per heavy atom. The first-order valence-corrected chi connectivity index (χ1v) is 7.55. The number of amides is 1. The number of nitrogens with one attached hydrogen (secondary N) is 1. The van der Waals surface area contributed by atoms with Crippen molar-refractivity contribution in [3.63, 3.8) is 0 Å². The predicted octanol–water partition coefficient (Wildman–Crippen LogP) is 2.10. The van der Waals surface area contributed by atoms with E-state index in [9.17, 15) is 4.79 Å². The van der Waals surface area contributed by atoms with Crippen LogP contribution in [0, 0.1) is 0 Å². The normalized spacial score (nSPS) is 10.6. The van der Waals surface area contributed by atoms with Gasteiger partial charge in [-0.15, -0.1) is 15.3 Å². The van der Waals surface area contributed by atoms with E-state index in [1.165, 1.54) is 0 Å². The predicted molar refractivity (Wildman–Crippen MR) is 90.7 cm³/mol. The number of aromatic nitrogens is 6. The highest BCUT2D eigenvalue weighted by atomic mass is 16.1. The minimum atomic E-state index is -0.285. The third kappa shape index (κ3) is 3.00. The molecule has 2 aromatic carbocycles. The Balaban J connectivity index is 1.60. The first kappa shape index (κ1) is 14.8. The van der Waals surface area contributed by atoms with Gasteiger partial charge in [-0.05, 0) is 30.3 Å². The molecule has 0 aliphatic heterocycles. The van der Waals surface area contributed by atoms with E-state index in [4.69, 9.17) is 0 Å². The molecule has 0 spiro atoms. The van der Waals surface area contributed by atoms with Crippen LogP contribution in [0.15, 0.2) is 73.3 Å². The second-order valence-electron chi connectivity index (χ2n) is 5.21. The number of rotatable bonds is 4. The molecule has 0 saturated heterocycles. The number of carbonyl (C=O) groups is 1. The SMILES string of the molecule is O=C(Nc1nncn1-c1ccccc1)c1cccc(-n2ccnn2)c1. The largest absolute Gasteiger partial charge is 0.290 e. The van der Waals surface area contributed by atoms with Gasteiger partial charge in [0.1, 0.15) is 6.33 Å². The van der Waals surface area contributed by atoms with Crippen LogP contribution in [-0.4, -0.2) is 35.7 Å². The molecule has 0 fully saturated rings. The van der Waals surface area contributed by atoms with Crippen LogP contribution in [0.1, 0.15) is 10.4 Å². The van der Waals surface area contributed by atoms with Gasteiger partial charge in [-0.2, -0.15) is 0 Å². The molecule has 1 amide bonds. The summed E-state index contributed by atoms with van der Waals surface area (Å²) in [5.41, 5.74) is 2.09. The summed E-state index contributed by atoms with van der Waals surface area (Å²) >= 11 is 0. The smallest absolute Gasteiger partial charge is 0.258 e. The molecule has 4 rings (SSSR count). The number of nitrogens with zero attached hydrogens (tertiary/aromatic N) is 6. The molecule has 2 heterocycles. The zero-order valence-corrected chi connectivity index (χ0v) is 13.0. The summed E-state index contributed by atoms with van der Waals surface area (Å²) in [7, 11) is 0. The lowest BCUT2D eigenvalue weighted by Crippen LogP contribution is -2.15. The van der Waals surface area contributed by atoms with Crippen molar-refractivity contribution in [3.05, 3.63) is 78.9 Å². The molecule has 0 radical (unpaired) electrons. The first-order valence-electron chi connectivity index (χ1n) is 7.55. The van der Waals surface area contributed by atoms with Gasteiger partial charge >= 0.3 is 0 Å². The molecule has 8 heteroatoms. The monoisotopic (exact) mass is 331 g/mol. The van der Waals surface area contributed by atoms with Crippen molar-refractivity contribution in [3.8, 4) is 11.4 Å². The van der Waals surface area contributed by atoms with Crippen LogP contribution in [0.3, 0.4) is 0 Å². The third-order valence-electron chi connectivity index (χ3n) is 3.60. The minimum Gasteiger partial charge on any atom is -0.290 e. The fourth-order valence-corrected chi connectivity index (χ4v) is 2.41. The second-order valence-corrected chi connectivity index (χ2v) is 5.21. The van der Waals surface area contributed by atoms with Crippen LogP contribution in [-0.2, 0) is 0 Å². The number of carbonyl (C=O) groups excluding carboxylic acids is 1. The van der Waals surface area contributed by atoms with Gasteiger partial charge in [0.05, 0.1) is 23.8 Å². The van der Waals surface area contributed by atoms with Crippen molar-refractivity contribution in [2.75, 3.05) is 5.32 Å². The number of benzene rings is 2. The van der Waals surface area contributed by atoms with Crippen LogP contribution < -0.4 is 5.32 Å². The Morgan fingerprint density at radius 1 is 0.960 bits per heavy atom. The summed E-state index contributed by atoms with van der Waals surface area (Å²) in [5, 5.41) is 18.3. The topological polar surface area (TPSA) is 90.5 Å². The van der Waals surface area contributed by atoms with Gasteiger partial charge in [0.2, 0.25) is 5.95 Å². The third-order valence-corrected chi connectivity index (χ3v) is 3.60. The summed E-state index contributed by atoms with van der Waals surface area (Å²) < 4.78 is 3.29. The molecular weight excluding hydrogens is 318 g/mol. The van der Waals surface area contributed by atoms with Crippen LogP contribution in [0.5, 0.6) is 0 Å². The number of anilines is 1. The quantitative estimate of drug-likeness (QED) is 0.618. The summed E-state index contributed by atoms with van der Waals surface area (Å²) in [6.07, 6.45) is 4.84. The Morgan fingerprint density at radius 2 is 1.80 bits per heavy atom. The lowest BCUT2D eigenvalue weighted by Gasteiger charge is -2.08. The van der Waals surface area contributed by atoms with E-state index >= 15 is 0 Å². The van der Waals surface area contributed by atoms with E-state index in [2.05, 4.69) is 25.8 Å². The molecule has 1 N–H and O–H groups in total. The molecule has 0 aliphatic rings. The number of hydrogen-bond donors (Lipinski definition) is 1.